The molecule has 2 aliphatic rings. The number of ketones is 1. The number of nitrogens with one attached hydrogen (secondary N) is 1. The van der Waals surface area contributed by atoms with Crippen molar-refractivity contribution in [2.45, 2.75) is 19.4 Å². The fraction of sp³-hybridized carbons (Fsp3) is 0.167. The summed E-state index contributed by atoms with van der Waals surface area (Å²) in [5.41, 5.74) is 5.06. The van der Waals surface area contributed by atoms with Crippen LogP contribution in [-0.2, 0) is 17.8 Å². The number of hydrogen-bond donors (Lipinski definition) is 2. The van der Waals surface area contributed by atoms with Gasteiger partial charge in [-0.15, -0.1) is 0 Å². The molecular formula is C24H19ClN2O3. The van der Waals surface area contributed by atoms with Gasteiger partial charge in [-0.2, -0.15) is 0 Å². The maximum absolute atomic E-state index is 12.6. The molecule has 1 aromatic heterocycles. The number of anilines is 1. The molecule has 0 fully saturated rings. The molecule has 2 N–H and O–H groups in total. The number of carboxylic acid groups (broad SMARTS) is 1. The maximum Gasteiger partial charge on any atom is 0.353 e. The van der Waals surface area contributed by atoms with Crippen LogP contribution in [0.2, 0.25) is 5.02 Å². The van der Waals surface area contributed by atoms with Crippen molar-refractivity contribution in [1.29, 1.82) is 0 Å². The Hall–Kier alpha value is -3.31. The molecule has 5 nitrogen and oxygen atoms in total. The second-order valence-corrected chi connectivity index (χ2v) is 8.02. The lowest BCUT2D eigenvalue weighted by atomic mass is 9.93. The van der Waals surface area contributed by atoms with Crippen molar-refractivity contribution in [2.24, 2.45) is 0 Å². The van der Waals surface area contributed by atoms with Gasteiger partial charge in [-0.1, -0.05) is 42.0 Å². The second-order valence-electron chi connectivity index (χ2n) is 7.58. The minimum atomic E-state index is -1.07. The third-order valence-corrected chi connectivity index (χ3v) is 5.96. The van der Waals surface area contributed by atoms with E-state index in [9.17, 15) is 14.7 Å². The van der Waals surface area contributed by atoms with Crippen LogP contribution < -0.4 is 5.32 Å². The third-order valence-electron chi connectivity index (χ3n) is 5.72. The van der Waals surface area contributed by atoms with Gasteiger partial charge in [0.1, 0.15) is 5.69 Å². The van der Waals surface area contributed by atoms with Gasteiger partial charge in [0.15, 0.2) is 5.78 Å². The molecule has 0 radical (unpaired) electrons. The number of rotatable bonds is 4. The Morgan fingerprint density at radius 3 is 2.87 bits per heavy atom. The molecular weight excluding hydrogens is 400 g/mol. The lowest BCUT2D eigenvalue weighted by Crippen LogP contribution is -2.13. The third kappa shape index (κ3) is 3.02. The highest BCUT2D eigenvalue weighted by molar-refractivity contribution is 6.32. The largest absolute Gasteiger partial charge is 0.477 e. The quantitative estimate of drug-likeness (QED) is 0.630. The number of halogens is 1. The molecule has 0 spiro atoms. The molecule has 0 saturated carbocycles. The molecule has 1 aliphatic carbocycles. The molecule has 150 valence electrons. The van der Waals surface area contributed by atoms with E-state index in [1.165, 1.54) is 5.56 Å². The molecule has 6 heteroatoms. The van der Waals surface area contributed by atoms with Crippen LogP contribution in [0.5, 0.6) is 0 Å². The summed E-state index contributed by atoms with van der Waals surface area (Å²) in [6, 6.07) is 11.5. The number of nitrogens with zero attached hydrogens (tertiary/aromatic N) is 1. The molecule has 2 aromatic carbocycles. The highest BCUT2D eigenvalue weighted by Gasteiger charge is 2.28. The number of carboxylic acids is 1. The molecule has 1 aliphatic heterocycles. The lowest BCUT2D eigenvalue weighted by Gasteiger charge is -2.12. The molecule has 0 saturated heterocycles. The Morgan fingerprint density at radius 2 is 2.07 bits per heavy atom. The van der Waals surface area contributed by atoms with Crippen LogP contribution in [0.1, 0.15) is 33.6 Å². The van der Waals surface area contributed by atoms with Crippen molar-refractivity contribution in [1.82, 2.24) is 4.57 Å². The summed E-state index contributed by atoms with van der Waals surface area (Å²) in [6.07, 6.45) is 6.51. The van der Waals surface area contributed by atoms with Gasteiger partial charge >= 0.3 is 5.97 Å². The predicted molar refractivity (Wildman–Crippen MR) is 118 cm³/mol. The van der Waals surface area contributed by atoms with E-state index in [-0.39, 0.29) is 17.9 Å². The van der Waals surface area contributed by atoms with Gasteiger partial charge < -0.3 is 15.0 Å². The number of fused-ring (bicyclic) bond motifs is 2. The Bertz CT molecular complexity index is 1280. The molecule has 0 bridgehead atoms. The van der Waals surface area contributed by atoms with E-state index >= 15 is 0 Å². The van der Waals surface area contributed by atoms with E-state index in [1.807, 2.05) is 12.1 Å². The molecule has 2 heterocycles. The Morgan fingerprint density at radius 1 is 1.20 bits per heavy atom. The zero-order chi connectivity index (χ0) is 20.8. The van der Waals surface area contributed by atoms with Crippen molar-refractivity contribution in [2.75, 3.05) is 11.9 Å². The van der Waals surface area contributed by atoms with Crippen LogP contribution in [0.3, 0.4) is 0 Å². The van der Waals surface area contributed by atoms with Crippen molar-refractivity contribution >= 4 is 45.5 Å². The van der Waals surface area contributed by atoms with Crippen LogP contribution >= 0.6 is 11.6 Å². The summed E-state index contributed by atoms with van der Waals surface area (Å²) in [4.78, 5) is 25.0. The predicted octanol–water partition coefficient (Wildman–Crippen LogP) is 4.92. The SMILES string of the molecule is O=C1CC=CC=C1c1c(C(=O)O)n(Cc2ccc3c(c2)NCC3)c2ccc(Cl)cc12. The Kier molecular flexibility index (Phi) is 4.48. The summed E-state index contributed by atoms with van der Waals surface area (Å²) in [5, 5.41) is 14.7. The van der Waals surface area contributed by atoms with Gasteiger partial charge in [0.05, 0.1) is 0 Å². The molecule has 0 atom stereocenters. The molecule has 30 heavy (non-hydrogen) atoms. The summed E-state index contributed by atoms with van der Waals surface area (Å²) in [6.45, 7) is 1.30. The first-order valence-corrected chi connectivity index (χ1v) is 10.2. The first kappa shape index (κ1) is 18.7. The van der Waals surface area contributed by atoms with E-state index in [1.54, 1.807) is 34.9 Å². The number of carbonyl (C=O) groups excluding carboxylic acids is 1. The van der Waals surface area contributed by atoms with Crippen molar-refractivity contribution in [3.63, 3.8) is 0 Å². The fourth-order valence-corrected chi connectivity index (χ4v) is 4.54. The molecule has 0 unspecified atom stereocenters. The van der Waals surface area contributed by atoms with E-state index in [2.05, 4.69) is 17.4 Å². The molecule has 3 aromatic rings. The first-order valence-electron chi connectivity index (χ1n) is 9.84. The molecule has 0 amide bonds. The highest BCUT2D eigenvalue weighted by Crippen LogP contribution is 2.36. The number of aromatic nitrogens is 1. The Labute approximate surface area is 178 Å². The minimum absolute atomic E-state index is 0.0965. The average molecular weight is 419 g/mol. The smallest absolute Gasteiger partial charge is 0.353 e. The van der Waals surface area contributed by atoms with E-state index in [0.29, 0.717) is 28.1 Å². The number of Topliss-reactive ketones (excluding diaryl/α,β-unsaturated/α-hetero) is 1. The summed E-state index contributed by atoms with van der Waals surface area (Å²) in [5.74, 6) is -1.17. The number of allylic oxidation sites excluding steroid dienone is 4. The minimum Gasteiger partial charge on any atom is -0.477 e. The number of carbonyl (C=O) groups is 2. The van der Waals surface area contributed by atoms with E-state index in [4.69, 9.17) is 11.6 Å². The maximum atomic E-state index is 12.6. The van der Waals surface area contributed by atoms with Crippen LogP contribution in [0.15, 0.2) is 54.6 Å². The van der Waals surface area contributed by atoms with Gasteiger partial charge in [-0.3, -0.25) is 4.79 Å². The van der Waals surface area contributed by atoms with Gasteiger partial charge in [-0.05, 0) is 41.8 Å². The topological polar surface area (TPSA) is 71.3 Å². The molecule has 5 rings (SSSR count). The monoisotopic (exact) mass is 418 g/mol. The van der Waals surface area contributed by atoms with Gasteiger partial charge in [0.2, 0.25) is 0 Å². The number of aromatic carboxylic acids is 1. The summed E-state index contributed by atoms with van der Waals surface area (Å²) < 4.78 is 1.77. The number of hydrogen-bond acceptors (Lipinski definition) is 3. The van der Waals surface area contributed by atoms with Crippen molar-refractivity contribution in [3.8, 4) is 0 Å². The zero-order valence-electron chi connectivity index (χ0n) is 16.1. The Balaban J connectivity index is 1.74. The normalized spacial score (nSPS) is 15.2. The first-order chi connectivity index (χ1) is 14.5. The number of benzene rings is 2. The highest BCUT2D eigenvalue weighted by atomic mass is 35.5. The lowest BCUT2D eigenvalue weighted by molar-refractivity contribution is -0.113. The van der Waals surface area contributed by atoms with Crippen LogP contribution in [0.4, 0.5) is 5.69 Å². The van der Waals surface area contributed by atoms with Gasteiger partial charge in [0, 0.05) is 52.3 Å². The van der Waals surface area contributed by atoms with Gasteiger partial charge in [-0.25, -0.2) is 4.79 Å². The second kappa shape index (κ2) is 7.18. The standard InChI is InChI=1S/C24H19ClN2O3/c25-16-7-8-20-18(12-16)22(17-3-1-2-4-21(17)28)23(24(29)30)27(20)13-14-5-6-15-9-10-26-19(15)11-14/h1-3,5-8,11-12,26H,4,9-10,13H2,(H,29,30). The van der Waals surface area contributed by atoms with Crippen molar-refractivity contribution in [3.05, 3.63) is 82.0 Å². The average Bonchev–Trinajstić information content (AvgIpc) is 3.30. The van der Waals surface area contributed by atoms with E-state index < -0.39 is 5.97 Å². The summed E-state index contributed by atoms with van der Waals surface area (Å²) in [7, 11) is 0. The zero-order valence-corrected chi connectivity index (χ0v) is 16.9. The fourth-order valence-electron chi connectivity index (χ4n) is 4.37. The van der Waals surface area contributed by atoms with Gasteiger partial charge in [0.25, 0.3) is 0 Å². The van der Waals surface area contributed by atoms with E-state index in [0.717, 1.165) is 29.7 Å². The van der Waals surface area contributed by atoms with Crippen LogP contribution in [0.25, 0.3) is 16.5 Å². The van der Waals surface area contributed by atoms with Crippen LogP contribution in [-0.4, -0.2) is 28.0 Å². The van der Waals surface area contributed by atoms with Crippen molar-refractivity contribution < 1.29 is 14.7 Å². The summed E-state index contributed by atoms with van der Waals surface area (Å²) >= 11 is 6.25. The van der Waals surface area contributed by atoms with Crippen LogP contribution in [0, 0.1) is 0 Å².